The molecule has 3 aromatic rings. The molecular formula is C19H17FN2O2S2. The standard InChI is InChI=1S/C19H17FN2O2S2/c1-12-3-6-14(7-4-12)25-11-18(23)22-19-21-16(10-26-19)13-5-8-17(24-2)15(20)9-13/h3-10H,11H2,1-2H3,(H,21,22,23). The maximum atomic E-state index is 13.8. The van der Waals surface area contributed by atoms with Crippen LogP contribution in [0.3, 0.4) is 0 Å². The topological polar surface area (TPSA) is 51.2 Å². The monoisotopic (exact) mass is 388 g/mol. The maximum absolute atomic E-state index is 13.8. The van der Waals surface area contributed by atoms with Crippen molar-refractivity contribution in [3.8, 4) is 17.0 Å². The van der Waals surface area contributed by atoms with Crippen LogP contribution in [0.5, 0.6) is 5.75 Å². The summed E-state index contributed by atoms with van der Waals surface area (Å²) in [5, 5.41) is 5.05. The SMILES string of the molecule is COc1ccc(-c2csc(NC(=O)CSc3ccc(C)cc3)n2)cc1F. The van der Waals surface area contributed by atoms with E-state index < -0.39 is 5.82 Å². The van der Waals surface area contributed by atoms with Gasteiger partial charge in [0.1, 0.15) is 0 Å². The first-order valence-electron chi connectivity index (χ1n) is 7.84. The van der Waals surface area contributed by atoms with Crippen LogP contribution < -0.4 is 10.1 Å². The molecule has 0 atom stereocenters. The molecule has 2 aromatic carbocycles. The summed E-state index contributed by atoms with van der Waals surface area (Å²) in [5.41, 5.74) is 2.43. The van der Waals surface area contributed by atoms with Gasteiger partial charge in [-0.2, -0.15) is 0 Å². The molecule has 3 rings (SSSR count). The van der Waals surface area contributed by atoms with Crippen molar-refractivity contribution in [3.63, 3.8) is 0 Å². The predicted molar refractivity (Wildman–Crippen MR) is 105 cm³/mol. The number of rotatable bonds is 6. The molecule has 0 bridgehead atoms. The molecular weight excluding hydrogens is 371 g/mol. The molecule has 134 valence electrons. The summed E-state index contributed by atoms with van der Waals surface area (Å²) in [6, 6.07) is 12.7. The molecule has 0 aliphatic rings. The lowest BCUT2D eigenvalue weighted by Gasteiger charge is -2.04. The van der Waals surface area contributed by atoms with Gasteiger partial charge in [0.05, 0.1) is 18.6 Å². The Morgan fingerprint density at radius 3 is 2.73 bits per heavy atom. The average Bonchev–Trinajstić information content (AvgIpc) is 3.09. The molecule has 0 spiro atoms. The Bertz CT molecular complexity index is 910. The molecule has 0 saturated carbocycles. The normalized spacial score (nSPS) is 10.6. The summed E-state index contributed by atoms with van der Waals surface area (Å²) in [6.07, 6.45) is 0. The van der Waals surface area contributed by atoms with Crippen LogP contribution in [0.25, 0.3) is 11.3 Å². The Morgan fingerprint density at radius 2 is 2.04 bits per heavy atom. The van der Waals surface area contributed by atoms with Crippen molar-refractivity contribution < 1.29 is 13.9 Å². The van der Waals surface area contributed by atoms with Crippen LogP contribution >= 0.6 is 23.1 Å². The number of amides is 1. The van der Waals surface area contributed by atoms with Gasteiger partial charge >= 0.3 is 0 Å². The van der Waals surface area contributed by atoms with Crippen LogP contribution in [0, 0.1) is 12.7 Å². The van der Waals surface area contributed by atoms with E-state index >= 15 is 0 Å². The first kappa shape index (κ1) is 18.4. The predicted octanol–water partition coefficient (Wildman–Crippen LogP) is 5.00. The molecule has 0 fully saturated rings. The van der Waals surface area contributed by atoms with Gasteiger partial charge in [-0.1, -0.05) is 17.7 Å². The van der Waals surface area contributed by atoms with Crippen LogP contribution in [0.4, 0.5) is 9.52 Å². The molecule has 1 amide bonds. The Hall–Kier alpha value is -2.38. The van der Waals surface area contributed by atoms with Gasteiger partial charge in [0.15, 0.2) is 16.7 Å². The van der Waals surface area contributed by atoms with Gasteiger partial charge in [-0.25, -0.2) is 9.37 Å². The van der Waals surface area contributed by atoms with E-state index in [-0.39, 0.29) is 11.7 Å². The molecule has 0 unspecified atom stereocenters. The highest BCUT2D eigenvalue weighted by molar-refractivity contribution is 8.00. The molecule has 1 heterocycles. The van der Waals surface area contributed by atoms with Crippen LogP contribution in [0.1, 0.15) is 5.56 Å². The van der Waals surface area contributed by atoms with Crippen LogP contribution in [0.2, 0.25) is 0 Å². The smallest absolute Gasteiger partial charge is 0.236 e. The second-order valence-electron chi connectivity index (χ2n) is 5.54. The number of ether oxygens (including phenoxy) is 1. The minimum Gasteiger partial charge on any atom is -0.494 e. The van der Waals surface area contributed by atoms with Gasteiger partial charge in [0.2, 0.25) is 5.91 Å². The zero-order chi connectivity index (χ0) is 18.5. The van der Waals surface area contributed by atoms with Crippen molar-refractivity contribution in [2.24, 2.45) is 0 Å². The second kappa shape index (κ2) is 8.33. The van der Waals surface area contributed by atoms with Crippen LogP contribution in [-0.4, -0.2) is 23.8 Å². The summed E-state index contributed by atoms with van der Waals surface area (Å²) in [4.78, 5) is 17.5. The number of methoxy groups -OCH3 is 1. The quantitative estimate of drug-likeness (QED) is 0.604. The number of aromatic nitrogens is 1. The summed E-state index contributed by atoms with van der Waals surface area (Å²) < 4.78 is 18.7. The number of halogens is 1. The number of hydrogen-bond donors (Lipinski definition) is 1. The Kier molecular flexibility index (Phi) is 5.90. The van der Waals surface area contributed by atoms with Gasteiger partial charge in [0, 0.05) is 15.8 Å². The highest BCUT2D eigenvalue weighted by Crippen LogP contribution is 2.28. The Labute approximate surface area is 159 Å². The molecule has 26 heavy (non-hydrogen) atoms. The van der Waals surface area contributed by atoms with Crippen molar-refractivity contribution in [3.05, 3.63) is 59.2 Å². The number of carbonyl (C=O) groups is 1. The number of carbonyl (C=O) groups excluding carboxylic acids is 1. The van der Waals surface area contributed by atoms with E-state index in [9.17, 15) is 9.18 Å². The number of anilines is 1. The first-order chi connectivity index (χ1) is 12.5. The van der Waals surface area contributed by atoms with E-state index in [0.29, 0.717) is 22.1 Å². The number of nitrogens with zero attached hydrogens (tertiary/aromatic N) is 1. The number of benzene rings is 2. The van der Waals surface area contributed by atoms with E-state index in [0.717, 1.165) is 4.90 Å². The van der Waals surface area contributed by atoms with Gasteiger partial charge in [-0.15, -0.1) is 23.1 Å². The average molecular weight is 388 g/mol. The lowest BCUT2D eigenvalue weighted by molar-refractivity contribution is -0.113. The molecule has 1 aromatic heterocycles. The number of thiazole rings is 1. The largest absolute Gasteiger partial charge is 0.494 e. The molecule has 4 nitrogen and oxygen atoms in total. The van der Waals surface area contributed by atoms with Crippen molar-refractivity contribution in [1.29, 1.82) is 0 Å². The second-order valence-corrected chi connectivity index (χ2v) is 7.44. The van der Waals surface area contributed by atoms with Gasteiger partial charge in [-0.3, -0.25) is 4.79 Å². The minimum absolute atomic E-state index is 0.127. The van der Waals surface area contributed by atoms with Gasteiger partial charge < -0.3 is 10.1 Å². The number of hydrogen-bond acceptors (Lipinski definition) is 5. The molecule has 0 saturated heterocycles. The third-order valence-corrected chi connectivity index (χ3v) is 5.36. The van der Waals surface area contributed by atoms with Gasteiger partial charge in [-0.05, 0) is 37.3 Å². The molecule has 0 aliphatic carbocycles. The fourth-order valence-corrected chi connectivity index (χ4v) is 3.66. The highest BCUT2D eigenvalue weighted by atomic mass is 32.2. The van der Waals surface area contributed by atoms with Gasteiger partial charge in [0.25, 0.3) is 0 Å². The van der Waals surface area contributed by atoms with E-state index in [1.807, 2.05) is 31.2 Å². The summed E-state index contributed by atoms with van der Waals surface area (Å²) in [5.74, 6) is -0.0871. The number of aryl methyl sites for hydroxylation is 1. The molecule has 7 heteroatoms. The first-order valence-corrected chi connectivity index (χ1v) is 9.70. The summed E-state index contributed by atoms with van der Waals surface area (Å²) >= 11 is 2.77. The minimum atomic E-state index is -0.446. The summed E-state index contributed by atoms with van der Waals surface area (Å²) in [7, 11) is 1.42. The zero-order valence-corrected chi connectivity index (χ0v) is 15.9. The van der Waals surface area contributed by atoms with E-state index in [1.165, 1.54) is 41.8 Å². The molecule has 1 N–H and O–H groups in total. The third kappa shape index (κ3) is 4.62. The van der Waals surface area contributed by atoms with Crippen molar-refractivity contribution >= 4 is 34.1 Å². The van der Waals surface area contributed by atoms with E-state index in [4.69, 9.17) is 4.74 Å². The molecule has 0 aliphatic heterocycles. The highest BCUT2D eigenvalue weighted by Gasteiger charge is 2.11. The molecule has 0 radical (unpaired) electrons. The van der Waals surface area contributed by atoms with Crippen molar-refractivity contribution in [1.82, 2.24) is 4.98 Å². The number of nitrogens with one attached hydrogen (secondary N) is 1. The van der Waals surface area contributed by atoms with Crippen molar-refractivity contribution in [2.45, 2.75) is 11.8 Å². The van der Waals surface area contributed by atoms with Crippen molar-refractivity contribution in [2.75, 3.05) is 18.2 Å². The van der Waals surface area contributed by atoms with Crippen LogP contribution in [-0.2, 0) is 4.79 Å². The Morgan fingerprint density at radius 1 is 1.27 bits per heavy atom. The fourth-order valence-electron chi connectivity index (χ4n) is 2.23. The lowest BCUT2D eigenvalue weighted by Crippen LogP contribution is -2.13. The number of thioether (sulfide) groups is 1. The van der Waals surface area contributed by atoms with Crippen LogP contribution in [0.15, 0.2) is 52.7 Å². The van der Waals surface area contributed by atoms with E-state index in [1.54, 1.807) is 17.5 Å². The zero-order valence-electron chi connectivity index (χ0n) is 14.3. The summed E-state index contributed by atoms with van der Waals surface area (Å²) in [6.45, 7) is 2.02. The maximum Gasteiger partial charge on any atom is 0.236 e. The Balaban J connectivity index is 1.60. The lowest BCUT2D eigenvalue weighted by atomic mass is 10.1. The fraction of sp³-hybridized carbons (Fsp3) is 0.158. The van der Waals surface area contributed by atoms with E-state index in [2.05, 4.69) is 10.3 Å². The third-order valence-electron chi connectivity index (χ3n) is 3.59.